The zero-order valence-electron chi connectivity index (χ0n) is 6.02. The van der Waals surface area contributed by atoms with Crippen LogP contribution in [0, 0.1) is 0 Å². The Hall–Kier alpha value is -0.120. The lowest BCUT2D eigenvalue weighted by atomic mass is 10.3. The van der Waals surface area contributed by atoms with Gasteiger partial charge in [0.05, 0.1) is 0 Å². The van der Waals surface area contributed by atoms with E-state index in [1.165, 1.54) is 0 Å². The number of hydrogen-bond donors (Lipinski definition) is 3. The lowest BCUT2D eigenvalue weighted by Crippen LogP contribution is -2.39. The molecule has 3 heteroatoms. The van der Waals surface area contributed by atoms with E-state index in [1.54, 1.807) is 13.8 Å². The topological polar surface area (TPSA) is 52.5 Å². The maximum atomic E-state index is 9.05. The van der Waals surface area contributed by atoms with Gasteiger partial charge in [0.15, 0.2) is 0 Å². The Labute approximate surface area is 55.7 Å². The summed E-state index contributed by atoms with van der Waals surface area (Å²) < 4.78 is 0. The maximum absolute atomic E-state index is 9.05. The third kappa shape index (κ3) is 7.88. The van der Waals surface area contributed by atoms with Crippen molar-refractivity contribution in [2.75, 3.05) is 13.2 Å². The van der Waals surface area contributed by atoms with Crippen LogP contribution in [0.15, 0.2) is 0 Å². The second kappa shape index (κ2) is 3.82. The quantitative estimate of drug-likeness (QED) is 0.364. The predicted octanol–water partition coefficient (Wildman–Crippen LogP) is -0.313. The number of aliphatic hydroxyl groups is 2. The summed E-state index contributed by atoms with van der Waals surface area (Å²) in [4.78, 5) is 0. The summed E-state index contributed by atoms with van der Waals surface area (Å²) in [7, 11) is 0. The molecule has 3 N–H and O–H groups in total. The fraction of sp³-hybridized carbons (Fsp3) is 1.00. The van der Waals surface area contributed by atoms with Gasteiger partial charge < -0.3 is 10.2 Å². The van der Waals surface area contributed by atoms with Crippen LogP contribution in [0.25, 0.3) is 0 Å². The predicted molar refractivity (Wildman–Crippen MR) is 36.0 cm³/mol. The lowest BCUT2D eigenvalue weighted by molar-refractivity contribution is 0.0424. The highest BCUT2D eigenvalue weighted by Crippen LogP contribution is 1.92. The van der Waals surface area contributed by atoms with Crippen LogP contribution in [0.4, 0.5) is 0 Å². The zero-order valence-corrected chi connectivity index (χ0v) is 6.02. The minimum atomic E-state index is -0.810. The molecule has 0 aliphatic heterocycles. The van der Waals surface area contributed by atoms with E-state index < -0.39 is 5.72 Å². The van der Waals surface area contributed by atoms with Gasteiger partial charge in [-0.1, -0.05) is 0 Å². The van der Waals surface area contributed by atoms with Gasteiger partial charge in [-0.05, 0) is 26.8 Å². The van der Waals surface area contributed by atoms with Crippen LogP contribution in [0.3, 0.4) is 0 Å². The largest absolute Gasteiger partial charge is 0.396 e. The van der Waals surface area contributed by atoms with Crippen LogP contribution in [-0.2, 0) is 0 Å². The van der Waals surface area contributed by atoms with E-state index in [1.807, 2.05) is 0 Å². The van der Waals surface area contributed by atoms with E-state index >= 15 is 0 Å². The molecule has 0 aliphatic carbocycles. The molecule has 0 saturated carbocycles. The van der Waals surface area contributed by atoms with Crippen molar-refractivity contribution in [3.8, 4) is 0 Å². The highest BCUT2D eigenvalue weighted by Gasteiger charge is 2.08. The van der Waals surface area contributed by atoms with Crippen LogP contribution in [0.5, 0.6) is 0 Å². The maximum Gasteiger partial charge on any atom is 0.110 e. The average Bonchev–Trinajstić information content (AvgIpc) is 1.63. The number of hydrogen-bond acceptors (Lipinski definition) is 3. The summed E-state index contributed by atoms with van der Waals surface area (Å²) in [5.41, 5.74) is -0.810. The molecule has 0 amide bonds. The van der Waals surface area contributed by atoms with E-state index in [4.69, 9.17) is 10.2 Å². The Balaban J connectivity index is 3.07. The summed E-state index contributed by atoms with van der Waals surface area (Å²) in [5.74, 6) is 0. The third-order valence-electron chi connectivity index (χ3n) is 0.893. The second-order valence-electron chi connectivity index (χ2n) is 2.56. The van der Waals surface area contributed by atoms with Gasteiger partial charge in [-0.15, -0.1) is 0 Å². The summed E-state index contributed by atoms with van der Waals surface area (Å²) in [6, 6.07) is 0. The van der Waals surface area contributed by atoms with Crippen molar-refractivity contribution < 1.29 is 10.2 Å². The van der Waals surface area contributed by atoms with E-state index in [0.29, 0.717) is 13.0 Å². The Morgan fingerprint density at radius 3 is 2.33 bits per heavy atom. The molecule has 0 aromatic rings. The SMILES string of the molecule is CC(C)(O)NCCCO. The Bertz CT molecular complexity index is 67.9. The smallest absolute Gasteiger partial charge is 0.110 e. The molecule has 0 fully saturated rings. The van der Waals surface area contributed by atoms with E-state index in [9.17, 15) is 0 Å². The highest BCUT2D eigenvalue weighted by molar-refractivity contribution is 4.60. The Morgan fingerprint density at radius 2 is 2.00 bits per heavy atom. The van der Waals surface area contributed by atoms with Crippen molar-refractivity contribution in [1.82, 2.24) is 5.32 Å². The Kier molecular flexibility index (Phi) is 3.77. The normalized spacial score (nSPS) is 12.0. The van der Waals surface area contributed by atoms with Gasteiger partial charge in [-0.25, -0.2) is 0 Å². The standard InChI is InChI=1S/C6H15NO2/c1-6(2,9)7-4-3-5-8/h7-9H,3-5H2,1-2H3. The summed E-state index contributed by atoms with van der Waals surface area (Å²) in [6.07, 6.45) is 0.685. The molecule has 0 spiro atoms. The van der Waals surface area contributed by atoms with E-state index in [2.05, 4.69) is 5.32 Å². The van der Waals surface area contributed by atoms with Crippen molar-refractivity contribution in [2.45, 2.75) is 26.0 Å². The molecule has 0 heterocycles. The number of aliphatic hydroxyl groups excluding tert-OH is 1. The van der Waals surface area contributed by atoms with Gasteiger partial charge in [0, 0.05) is 6.61 Å². The first-order valence-corrected chi connectivity index (χ1v) is 3.14. The van der Waals surface area contributed by atoms with Crippen LogP contribution < -0.4 is 5.32 Å². The molecular weight excluding hydrogens is 118 g/mol. The first kappa shape index (κ1) is 8.88. The molecule has 0 aromatic carbocycles. The van der Waals surface area contributed by atoms with Gasteiger partial charge in [-0.3, -0.25) is 5.32 Å². The van der Waals surface area contributed by atoms with Crippen molar-refractivity contribution in [2.24, 2.45) is 0 Å². The van der Waals surface area contributed by atoms with Gasteiger partial charge >= 0.3 is 0 Å². The van der Waals surface area contributed by atoms with Crippen LogP contribution >= 0.6 is 0 Å². The molecule has 0 aromatic heterocycles. The third-order valence-corrected chi connectivity index (χ3v) is 0.893. The van der Waals surface area contributed by atoms with E-state index in [0.717, 1.165) is 0 Å². The molecule has 56 valence electrons. The lowest BCUT2D eigenvalue weighted by Gasteiger charge is -2.18. The number of rotatable bonds is 4. The van der Waals surface area contributed by atoms with Crippen molar-refractivity contribution in [3.63, 3.8) is 0 Å². The van der Waals surface area contributed by atoms with Crippen LogP contribution in [0.1, 0.15) is 20.3 Å². The summed E-state index contributed by atoms with van der Waals surface area (Å²) >= 11 is 0. The first-order chi connectivity index (χ1) is 4.06. The second-order valence-corrected chi connectivity index (χ2v) is 2.56. The minimum Gasteiger partial charge on any atom is -0.396 e. The van der Waals surface area contributed by atoms with Gasteiger partial charge in [-0.2, -0.15) is 0 Å². The molecule has 0 rings (SSSR count). The fourth-order valence-electron chi connectivity index (χ4n) is 0.473. The monoisotopic (exact) mass is 133 g/mol. The average molecular weight is 133 g/mol. The molecule has 3 nitrogen and oxygen atoms in total. The molecule has 0 bridgehead atoms. The van der Waals surface area contributed by atoms with Crippen molar-refractivity contribution in [1.29, 1.82) is 0 Å². The molecule has 0 atom stereocenters. The van der Waals surface area contributed by atoms with Crippen molar-refractivity contribution in [3.05, 3.63) is 0 Å². The molecule has 0 unspecified atom stereocenters. The molecular formula is C6H15NO2. The fourth-order valence-corrected chi connectivity index (χ4v) is 0.473. The van der Waals surface area contributed by atoms with Gasteiger partial charge in [0.2, 0.25) is 0 Å². The Morgan fingerprint density at radius 1 is 1.44 bits per heavy atom. The molecule has 0 aliphatic rings. The van der Waals surface area contributed by atoms with Crippen LogP contribution in [-0.4, -0.2) is 29.1 Å². The molecule has 0 saturated heterocycles. The van der Waals surface area contributed by atoms with Crippen LogP contribution in [0.2, 0.25) is 0 Å². The number of nitrogens with one attached hydrogen (secondary N) is 1. The summed E-state index contributed by atoms with van der Waals surface area (Å²) in [5, 5.41) is 20.2. The van der Waals surface area contributed by atoms with E-state index in [-0.39, 0.29) is 6.61 Å². The van der Waals surface area contributed by atoms with Gasteiger partial charge in [0.25, 0.3) is 0 Å². The highest BCUT2D eigenvalue weighted by atomic mass is 16.3. The summed E-state index contributed by atoms with van der Waals surface area (Å²) in [6.45, 7) is 4.16. The molecule has 0 radical (unpaired) electrons. The van der Waals surface area contributed by atoms with Crippen molar-refractivity contribution >= 4 is 0 Å². The zero-order chi connectivity index (χ0) is 7.33. The van der Waals surface area contributed by atoms with Gasteiger partial charge in [0.1, 0.15) is 5.72 Å². The minimum absolute atomic E-state index is 0.170. The first-order valence-electron chi connectivity index (χ1n) is 3.14. The molecule has 9 heavy (non-hydrogen) atoms.